The molecule has 170 valence electrons. The number of rotatable bonds is 7. The number of thiazole rings is 1. The number of carboxylic acids is 1. The lowest BCUT2D eigenvalue weighted by Crippen LogP contribution is -2.58. The van der Waals surface area contributed by atoms with Gasteiger partial charge in [0.25, 0.3) is 10.0 Å². The van der Waals surface area contributed by atoms with E-state index < -0.39 is 27.9 Å². The Morgan fingerprint density at radius 1 is 1.38 bits per heavy atom. The van der Waals surface area contributed by atoms with Crippen molar-refractivity contribution in [2.24, 2.45) is 0 Å². The average molecular weight is 516 g/mol. The second kappa shape index (κ2) is 9.04. The number of benzene rings is 1. The van der Waals surface area contributed by atoms with E-state index in [-0.39, 0.29) is 36.1 Å². The fourth-order valence-corrected chi connectivity index (χ4v) is 7.46. The van der Waals surface area contributed by atoms with Gasteiger partial charge in [-0.1, -0.05) is 17.7 Å². The minimum Gasteiger partial charge on any atom is -0.476 e. The zero-order valence-corrected chi connectivity index (χ0v) is 19.9. The van der Waals surface area contributed by atoms with Gasteiger partial charge < -0.3 is 14.7 Å². The lowest BCUT2D eigenvalue weighted by molar-refractivity contribution is -0.139. The number of hydrogen-bond acceptors (Lipinski definition) is 8. The summed E-state index contributed by atoms with van der Waals surface area (Å²) in [6.45, 7) is -0.0696. The minimum atomic E-state index is -3.91. The number of carboxylic acid groups (broad SMARTS) is 1. The molecule has 0 radical (unpaired) electrons. The van der Waals surface area contributed by atoms with Crippen LogP contribution >= 0.6 is 34.3 Å². The Labute approximate surface area is 196 Å². The normalized spacial score (nSPS) is 17.9. The predicted molar refractivity (Wildman–Crippen MR) is 121 cm³/mol. The van der Waals surface area contributed by atoms with Gasteiger partial charge in [0, 0.05) is 28.8 Å². The summed E-state index contributed by atoms with van der Waals surface area (Å²) in [4.78, 5) is 29.5. The van der Waals surface area contributed by atoms with Gasteiger partial charge in [0.1, 0.15) is 9.22 Å². The van der Waals surface area contributed by atoms with E-state index in [0.717, 1.165) is 37.1 Å². The van der Waals surface area contributed by atoms with Crippen LogP contribution in [-0.2, 0) is 26.1 Å². The number of fused-ring (bicyclic) bond motifs is 1. The van der Waals surface area contributed by atoms with Gasteiger partial charge >= 0.3 is 5.97 Å². The topological polar surface area (TPSA) is 117 Å². The molecule has 0 bridgehead atoms. The Balaban J connectivity index is 1.58. The monoisotopic (exact) mass is 515 g/mol. The summed E-state index contributed by atoms with van der Waals surface area (Å²) < 4.78 is 33.9. The molecule has 0 aliphatic carbocycles. The van der Waals surface area contributed by atoms with E-state index in [1.807, 2.05) is 0 Å². The number of sulfonamides is 1. The molecule has 0 spiro atoms. The summed E-state index contributed by atoms with van der Waals surface area (Å²) in [7, 11) is -2.44. The number of thiophene rings is 1. The van der Waals surface area contributed by atoms with Crippen LogP contribution in [0.2, 0.25) is 5.02 Å². The highest BCUT2D eigenvalue weighted by atomic mass is 35.5. The third-order valence-electron chi connectivity index (χ3n) is 4.98. The molecule has 1 aromatic carbocycles. The first-order valence-corrected chi connectivity index (χ1v) is 12.9. The van der Waals surface area contributed by atoms with Crippen LogP contribution in [0.25, 0.3) is 10.1 Å². The molecule has 1 atom stereocenters. The molecule has 1 amide bonds. The molecule has 2 aromatic heterocycles. The maximum atomic E-state index is 13.3. The molecule has 13 heteroatoms. The Morgan fingerprint density at radius 3 is 2.84 bits per heavy atom. The largest absolute Gasteiger partial charge is 0.476 e. The Morgan fingerprint density at radius 2 is 2.16 bits per heavy atom. The van der Waals surface area contributed by atoms with E-state index in [0.29, 0.717) is 10.0 Å². The molecule has 4 rings (SSSR count). The highest BCUT2D eigenvalue weighted by molar-refractivity contribution is 7.91. The molecular weight excluding hydrogens is 498 g/mol. The number of aromatic carboxylic acids is 1. The number of aromatic nitrogens is 1. The molecule has 0 unspecified atom stereocenters. The molecule has 0 saturated carbocycles. The number of halogens is 1. The van der Waals surface area contributed by atoms with E-state index in [2.05, 4.69) is 4.98 Å². The summed E-state index contributed by atoms with van der Waals surface area (Å²) in [6.07, 6.45) is 0. The van der Waals surface area contributed by atoms with Crippen LogP contribution in [0, 0.1) is 0 Å². The fraction of sp³-hybridized carbons (Fsp3) is 0.316. The van der Waals surface area contributed by atoms with E-state index in [1.165, 1.54) is 17.4 Å². The van der Waals surface area contributed by atoms with E-state index in [4.69, 9.17) is 21.4 Å². The standard InChI is InChI=1S/C19H18ClN3O6S3/c1-29-9-13-6-22(8-17(24)23(13)7-16-21-14(10-30-16)19(25)26)32(27,28)18-4-11-2-3-12(20)5-15(11)31-18/h2-5,10,13H,6-9H2,1H3,(H,25,26)/t13-/m1/s1. The van der Waals surface area contributed by atoms with E-state index in [1.54, 1.807) is 24.3 Å². The third-order valence-corrected chi connectivity index (χ3v) is 9.40. The van der Waals surface area contributed by atoms with Crippen molar-refractivity contribution in [1.29, 1.82) is 0 Å². The molecule has 1 aliphatic rings. The summed E-state index contributed by atoms with van der Waals surface area (Å²) in [6, 6.07) is 6.19. The van der Waals surface area contributed by atoms with Gasteiger partial charge in [-0.3, -0.25) is 4.79 Å². The Bertz CT molecular complexity index is 1290. The van der Waals surface area contributed by atoms with Crippen molar-refractivity contribution in [2.75, 3.05) is 26.8 Å². The summed E-state index contributed by atoms with van der Waals surface area (Å²) >= 11 is 8.25. The van der Waals surface area contributed by atoms with Crippen LogP contribution in [0.3, 0.4) is 0 Å². The van der Waals surface area contributed by atoms with Gasteiger partial charge in [-0.05, 0) is 23.6 Å². The number of piperazine rings is 1. The lowest BCUT2D eigenvalue weighted by Gasteiger charge is -2.39. The van der Waals surface area contributed by atoms with Gasteiger partial charge in [0.05, 0.1) is 25.7 Å². The van der Waals surface area contributed by atoms with Crippen molar-refractivity contribution in [3.05, 3.63) is 45.4 Å². The molecule has 1 aliphatic heterocycles. The molecule has 9 nitrogen and oxygen atoms in total. The molecule has 3 heterocycles. The zero-order valence-electron chi connectivity index (χ0n) is 16.7. The second-order valence-electron chi connectivity index (χ2n) is 7.11. The van der Waals surface area contributed by atoms with E-state index in [9.17, 15) is 18.0 Å². The minimum absolute atomic E-state index is 0.0497. The van der Waals surface area contributed by atoms with Crippen molar-refractivity contribution in [2.45, 2.75) is 16.8 Å². The van der Waals surface area contributed by atoms with Crippen molar-refractivity contribution in [1.82, 2.24) is 14.2 Å². The maximum Gasteiger partial charge on any atom is 0.355 e. The van der Waals surface area contributed by atoms with Crippen LogP contribution in [0.5, 0.6) is 0 Å². The van der Waals surface area contributed by atoms with Crippen LogP contribution in [0.4, 0.5) is 0 Å². The quantitative estimate of drug-likeness (QED) is 0.514. The molecule has 3 aromatic rings. The summed E-state index contributed by atoms with van der Waals surface area (Å²) in [5.74, 6) is -1.55. The SMILES string of the molecule is COC[C@H]1CN(S(=O)(=O)c2cc3ccc(Cl)cc3s2)CC(=O)N1Cc1nc(C(=O)O)cs1. The van der Waals surface area contributed by atoms with Crippen LogP contribution in [0.1, 0.15) is 15.5 Å². The maximum absolute atomic E-state index is 13.3. The second-order valence-corrected chi connectivity index (χ2v) is 11.7. The van der Waals surface area contributed by atoms with Crippen molar-refractivity contribution < 1.29 is 27.9 Å². The third kappa shape index (κ3) is 4.51. The number of carbonyl (C=O) groups excluding carboxylic acids is 1. The predicted octanol–water partition coefficient (Wildman–Crippen LogP) is 2.76. The van der Waals surface area contributed by atoms with Crippen molar-refractivity contribution >= 4 is 66.3 Å². The van der Waals surface area contributed by atoms with Gasteiger partial charge in [0.2, 0.25) is 5.91 Å². The van der Waals surface area contributed by atoms with Crippen LogP contribution in [-0.4, -0.2) is 72.4 Å². The number of ether oxygens (including phenoxy) is 1. The smallest absolute Gasteiger partial charge is 0.355 e. The van der Waals surface area contributed by atoms with Crippen molar-refractivity contribution in [3.63, 3.8) is 0 Å². The summed E-state index contributed by atoms with van der Waals surface area (Å²) in [5.41, 5.74) is -0.0909. The fourth-order valence-electron chi connectivity index (χ4n) is 3.44. The Hall–Kier alpha value is -2.09. The van der Waals surface area contributed by atoms with Gasteiger partial charge in [-0.2, -0.15) is 4.31 Å². The van der Waals surface area contributed by atoms with Crippen LogP contribution < -0.4 is 0 Å². The molecular formula is C19H18ClN3O6S3. The highest BCUT2D eigenvalue weighted by Gasteiger charge is 2.39. The first kappa shape index (κ1) is 23.1. The van der Waals surface area contributed by atoms with E-state index >= 15 is 0 Å². The summed E-state index contributed by atoms with van der Waals surface area (Å²) in [5, 5.41) is 12.2. The van der Waals surface area contributed by atoms with Gasteiger partial charge in [-0.25, -0.2) is 18.2 Å². The molecule has 1 saturated heterocycles. The molecule has 1 N–H and O–H groups in total. The first-order chi connectivity index (χ1) is 15.2. The first-order valence-electron chi connectivity index (χ1n) is 9.34. The van der Waals surface area contributed by atoms with Gasteiger partial charge in [0.15, 0.2) is 5.69 Å². The number of carbonyl (C=O) groups is 2. The average Bonchev–Trinajstić information content (AvgIpc) is 3.37. The number of hydrogen-bond donors (Lipinski definition) is 1. The highest BCUT2D eigenvalue weighted by Crippen LogP contribution is 2.33. The van der Waals surface area contributed by atoms with Crippen LogP contribution in [0.15, 0.2) is 33.9 Å². The number of amides is 1. The van der Waals surface area contributed by atoms with Gasteiger partial charge in [-0.15, -0.1) is 22.7 Å². The number of methoxy groups -OCH3 is 1. The van der Waals surface area contributed by atoms with Crippen molar-refractivity contribution in [3.8, 4) is 0 Å². The Kier molecular flexibility index (Phi) is 6.52. The molecule has 32 heavy (non-hydrogen) atoms. The molecule has 1 fully saturated rings. The lowest BCUT2D eigenvalue weighted by atomic mass is 10.2. The zero-order chi connectivity index (χ0) is 23.0. The number of nitrogens with zero attached hydrogens (tertiary/aromatic N) is 3.